The summed E-state index contributed by atoms with van der Waals surface area (Å²) >= 11 is 0. The number of hydrogen-bond acceptors (Lipinski definition) is 2. The standard InChI is InChI=1S/C12H10F2N2/c13-8-2-3-9(10(14)6-8)7-1-4-11(15)12(16)5-7/h1-6H,15-16H2. The smallest absolute Gasteiger partial charge is 0.133 e. The highest BCUT2D eigenvalue weighted by molar-refractivity contribution is 5.74. The van der Waals surface area contributed by atoms with Crippen molar-refractivity contribution in [3.05, 3.63) is 48.0 Å². The minimum atomic E-state index is -0.621. The van der Waals surface area contributed by atoms with Gasteiger partial charge in [0, 0.05) is 11.6 Å². The van der Waals surface area contributed by atoms with Gasteiger partial charge in [0.15, 0.2) is 0 Å². The summed E-state index contributed by atoms with van der Waals surface area (Å²) in [7, 11) is 0. The molecule has 0 aromatic heterocycles. The zero-order valence-corrected chi connectivity index (χ0v) is 8.37. The molecule has 82 valence electrons. The minimum absolute atomic E-state index is 0.299. The third-order valence-electron chi connectivity index (χ3n) is 2.33. The molecule has 0 bridgehead atoms. The van der Waals surface area contributed by atoms with Crippen LogP contribution in [0.1, 0.15) is 0 Å². The monoisotopic (exact) mass is 220 g/mol. The highest BCUT2D eigenvalue weighted by Crippen LogP contribution is 2.27. The zero-order chi connectivity index (χ0) is 11.7. The Morgan fingerprint density at radius 2 is 1.56 bits per heavy atom. The molecule has 2 nitrogen and oxygen atoms in total. The van der Waals surface area contributed by atoms with Gasteiger partial charge >= 0.3 is 0 Å². The van der Waals surface area contributed by atoms with Crippen molar-refractivity contribution in [3.63, 3.8) is 0 Å². The van der Waals surface area contributed by atoms with Gasteiger partial charge in [-0.25, -0.2) is 8.78 Å². The summed E-state index contributed by atoms with van der Waals surface area (Å²) in [5.41, 5.74) is 12.9. The molecule has 0 atom stereocenters. The molecule has 2 aromatic carbocycles. The molecule has 0 fully saturated rings. The van der Waals surface area contributed by atoms with Crippen molar-refractivity contribution in [1.82, 2.24) is 0 Å². The first-order chi connectivity index (χ1) is 7.58. The molecular formula is C12H10F2N2. The Morgan fingerprint density at radius 1 is 0.812 bits per heavy atom. The van der Waals surface area contributed by atoms with E-state index in [2.05, 4.69) is 0 Å². The average Bonchev–Trinajstić information content (AvgIpc) is 2.22. The van der Waals surface area contributed by atoms with Crippen LogP contribution in [0.3, 0.4) is 0 Å². The van der Waals surface area contributed by atoms with E-state index in [1.165, 1.54) is 12.1 Å². The van der Waals surface area contributed by atoms with Crippen molar-refractivity contribution in [1.29, 1.82) is 0 Å². The Kier molecular flexibility index (Phi) is 2.48. The summed E-state index contributed by atoms with van der Waals surface area (Å²) in [6, 6.07) is 8.20. The fraction of sp³-hybridized carbons (Fsp3) is 0. The molecule has 0 saturated heterocycles. The van der Waals surface area contributed by atoms with Gasteiger partial charge in [-0.2, -0.15) is 0 Å². The Balaban J connectivity index is 2.54. The van der Waals surface area contributed by atoms with Gasteiger partial charge in [0.25, 0.3) is 0 Å². The lowest BCUT2D eigenvalue weighted by molar-refractivity contribution is 0.585. The van der Waals surface area contributed by atoms with Crippen LogP contribution in [-0.2, 0) is 0 Å². The normalized spacial score (nSPS) is 10.4. The molecule has 4 N–H and O–H groups in total. The average molecular weight is 220 g/mol. The first-order valence-electron chi connectivity index (χ1n) is 4.68. The first kappa shape index (κ1) is 10.4. The summed E-state index contributed by atoms with van der Waals surface area (Å²) < 4.78 is 26.2. The van der Waals surface area contributed by atoms with E-state index in [1.54, 1.807) is 18.2 Å². The second kappa shape index (κ2) is 3.81. The van der Waals surface area contributed by atoms with E-state index in [4.69, 9.17) is 11.5 Å². The third-order valence-corrected chi connectivity index (χ3v) is 2.33. The lowest BCUT2D eigenvalue weighted by Gasteiger charge is -2.06. The lowest BCUT2D eigenvalue weighted by atomic mass is 10.0. The van der Waals surface area contributed by atoms with Crippen LogP contribution < -0.4 is 11.5 Å². The topological polar surface area (TPSA) is 52.0 Å². The largest absolute Gasteiger partial charge is 0.397 e. The Bertz CT molecular complexity index is 539. The van der Waals surface area contributed by atoms with Gasteiger partial charge in [-0.05, 0) is 29.8 Å². The van der Waals surface area contributed by atoms with Gasteiger partial charge in [-0.3, -0.25) is 0 Å². The van der Waals surface area contributed by atoms with Crippen molar-refractivity contribution in [2.75, 3.05) is 11.5 Å². The highest BCUT2D eigenvalue weighted by atomic mass is 19.1. The van der Waals surface area contributed by atoms with E-state index >= 15 is 0 Å². The van der Waals surface area contributed by atoms with Crippen LogP contribution in [0.4, 0.5) is 20.2 Å². The number of nitrogens with two attached hydrogens (primary N) is 2. The Morgan fingerprint density at radius 3 is 2.19 bits per heavy atom. The molecule has 2 rings (SSSR count). The van der Waals surface area contributed by atoms with Gasteiger partial charge in [0.05, 0.1) is 11.4 Å². The molecule has 0 spiro atoms. The predicted molar refractivity (Wildman–Crippen MR) is 60.6 cm³/mol. The second-order valence-electron chi connectivity index (χ2n) is 3.47. The quantitative estimate of drug-likeness (QED) is 0.726. The number of halogens is 2. The van der Waals surface area contributed by atoms with E-state index in [9.17, 15) is 8.78 Å². The lowest BCUT2D eigenvalue weighted by Crippen LogP contribution is -1.95. The SMILES string of the molecule is Nc1ccc(-c2ccc(F)cc2F)cc1N. The Hall–Kier alpha value is -2.10. The Labute approximate surface area is 91.5 Å². The van der Waals surface area contributed by atoms with Crippen molar-refractivity contribution in [2.24, 2.45) is 0 Å². The minimum Gasteiger partial charge on any atom is -0.397 e. The zero-order valence-electron chi connectivity index (χ0n) is 8.37. The van der Waals surface area contributed by atoms with Gasteiger partial charge in [-0.15, -0.1) is 0 Å². The van der Waals surface area contributed by atoms with Gasteiger partial charge < -0.3 is 11.5 Å². The predicted octanol–water partition coefficient (Wildman–Crippen LogP) is 2.80. The molecule has 16 heavy (non-hydrogen) atoms. The highest BCUT2D eigenvalue weighted by Gasteiger charge is 2.07. The van der Waals surface area contributed by atoms with Crippen LogP contribution in [0, 0.1) is 11.6 Å². The molecule has 4 heteroatoms. The van der Waals surface area contributed by atoms with Crippen LogP contribution >= 0.6 is 0 Å². The third kappa shape index (κ3) is 1.82. The van der Waals surface area contributed by atoms with Crippen LogP contribution in [0.15, 0.2) is 36.4 Å². The number of anilines is 2. The summed E-state index contributed by atoms with van der Waals surface area (Å²) in [6.07, 6.45) is 0. The summed E-state index contributed by atoms with van der Waals surface area (Å²) in [4.78, 5) is 0. The van der Waals surface area contributed by atoms with Crippen molar-refractivity contribution in [3.8, 4) is 11.1 Å². The molecular weight excluding hydrogens is 210 g/mol. The molecule has 0 aliphatic rings. The molecule has 0 heterocycles. The summed E-state index contributed by atoms with van der Waals surface area (Å²) in [5.74, 6) is -1.23. The second-order valence-corrected chi connectivity index (χ2v) is 3.47. The maximum atomic E-state index is 13.5. The number of benzene rings is 2. The number of nitrogen functional groups attached to an aromatic ring is 2. The summed E-state index contributed by atoms with van der Waals surface area (Å²) in [6.45, 7) is 0. The van der Waals surface area contributed by atoms with E-state index in [1.807, 2.05) is 0 Å². The van der Waals surface area contributed by atoms with Crippen molar-refractivity contribution < 1.29 is 8.78 Å². The van der Waals surface area contributed by atoms with Crippen LogP contribution in [-0.4, -0.2) is 0 Å². The van der Waals surface area contributed by atoms with E-state index < -0.39 is 11.6 Å². The van der Waals surface area contributed by atoms with E-state index in [-0.39, 0.29) is 0 Å². The van der Waals surface area contributed by atoms with Gasteiger partial charge in [0.2, 0.25) is 0 Å². The molecule has 0 aliphatic heterocycles. The van der Waals surface area contributed by atoms with Crippen LogP contribution in [0.25, 0.3) is 11.1 Å². The molecule has 0 radical (unpaired) electrons. The number of hydrogen-bond donors (Lipinski definition) is 2. The van der Waals surface area contributed by atoms with E-state index in [0.29, 0.717) is 22.5 Å². The molecule has 2 aromatic rings. The van der Waals surface area contributed by atoms with Gasteiger partial charge in [-0.1, -0.05) is 6.07 Å². The molecule has 0 unspecified atom stereocenters. The fourth-order valence-corrected chi connectivity index (χ4v) is 1.47. The maximum absolute atomic E-state index is 13.5. The van der Waals surface area contributed by atoms with Gasteiger partial charge in [0.1, 0.15) is 11.6 Å². The molecule has 0 saturated carbocycles. The molecule has 0 amide bonds. The first-order valence-corrected chi connectivity index (χ1v) is 4.68. The van der Waals surface area contributed by atoms with Crippen molar-refractivity contribution >= 4 is 11.4 Å². The fourth-order valence-electron chi connectivity index (χ4n) is 1.47. The van der Waals surface area contributed by atoms with Crippen LogP contribution in [0.5, 0.6) is 0 Å². The molecule has 0 aliphatic carbocycles. The summed E-state index contributed by atoms with van der Waals surface area (Å²) in [5, 5.41) is 0. The van der Waals surface area contributed by atoms with Crippen molar-refractivity contribution in [2.45, 2.75) is 0 Å². The maximum Gasteiger partial charge on any atom is 0.133 e. The number of rotatable bonds is 1. The van der Waals surface area contributed by atoms with E-state index in [0.717, 1.165) is 6.07 Å². The van der Waals surface area contributed by atoms with Crippen LogP contribution in [0.2, 0.25) is 0 Å².